The van der Waals surface area contributed by atoms with Gasteiger partial charge in [-0.1, -0.05) is 12.1 Å². The first-order valence-corrected chi connectivity index (χ1v) is 10.6. The number of hydrogen-bond acceptors (Lipinski definition) is 5. The Labute approximate surface area is 189 Å². The van der Waals surface area contributed by atoms with Gasteiger partial charge in [-0.2, -0.15) is 5.26 Å². The Morgan fingerprint density at radius 2 is 1.72 bits per heavy atom. The molecule has 0 aliphatic heterocycles. The number of aliphatic imine (C=N–C) groups is 1. The Morgan fingerprint density at radius 1 is 1.09 bits per heavy atom. The number of nitriles is 1. The maximum atomic E-state index is 13.1. The van der Waals surface area contributed by atoms with Gasteiger partial charge in [0.25, 0.3) is 0 Å². The van der Waals surface area contributed by atoms with E-state index < -0.39 is 18.0 Å². The summed E-state index contributed by atoms with van der Waals surface area (Å²) < 4.78 is 0. The number of nitrogens with two attached hydrogens (primary N) is 2. The van der Waals surface area contributed by atoms with E-state index in [9.17, 15) is 14.4 Å². The Hall–Kier alpha value is -3.61. The lowest BCUT2D eigenvalue weighted by Crippen LogP contribution is -2.55. The molecule has 0 fully saturated rings. The molecule has 6 N–H and O–H groups in total. The number of carbonyl (C=O) groups excluding carboxylic acids is 3. The minimum Gasteiger partial charge on any atom is -0.370 e. The van der Waals surface area contributed by atoms with Crippen molar-refractivity contribution in [1.82, 2.24) is 15.5 Å². The fourth-order valence-electron chi connectivity index (χ4n) is 3.20. The lowest BCUT2D eigenvalue weighted by atomic mass is 10.0. The molecule has 0 aliphatic rings. The van der Waals surface area contributed by atoms with Crippen LogP contribution < -0.4 is 22.1 Å². The second-order valence-electron chi connectivity index (χ2n) is 7.29. The minimum absolute atomic E-state index is 0.0437. The molecule has 0 unspecified atom stereocenters. The van der Waals surface area contributed by atoms with Gasteiger partial charge in [-0.05, 0) is 44.4 Å². The predicted octanol–water partition coefficient (Wildman–Crippen LogP) is 0.0123. The molecule has 10 nitrogen and oxygen atoms in total. The molecule has 0 saturated carbocycles. The molecule has 10 heteroatoms. The summed E-state index contributed by atoms with van der Waals surface area (Å²) in [7, 11) is 0. The van der Waals surface area contributed by atoms with Crippen LogP contribution in [0.25, 0.3) is 0 Å². The molecule has 174 valence electrons. The van der Waals surface area contributed by atoms with E-state index >= 15 is 0 Å². The highest BCUT2D eigenvalue weighted by molar-refractivity contribution is 5.92. The van der Waals surface area contributed by atoms with E-state index in [1.807, 2.05) is 13.8 Å². The first-order valence-electron chi connectivity index (χ1n) is 10.6. The zero-order valence-electron chi connectivity index (χ0n) is 18.9. The van der Waals surface area contributed by atoms with Crippen LogP contribution in [0.1, 0.15) is 44.7 Å². The van der Waals surface area contributed by atoms with Crippen molar-refractivity contribution in [3.63, 3.8) is 0 Å². The molecule has 0 spiro atoms. The van der Waals surface area contributed by atoms with Crippen LogP contribution in [0.15, 0.2) is 29.3 Å². The number of nitrogens with zero attached hydrogens (tertiary/aromatic N) is 3. The van der Waals surface area contributed by atoms with E-state index in [0.29, 0.717) is 38.0 Å². The molecular weight excluding hydrogens is 410 g/mol. The van der Waals surface area contributed by atoms with Gasteiger partial charge in [0.2, 0.25) is 17.7 Å². The highest BCUT2D eigenvalue weighted by atomic mass is 16.2. The van der Waals surface area contributed by atoms with Gasteiger partial charge in [-0.15, -0.1) is 0 Å². The van der Waals surface area contributed by atoms with Crippen LogP contribution in [-0.4, -0.2) is 60.3 Å². The Bertz CT molecular complexity index is 838. The smallest absolute Gasteiger partial charge is 0.245 e. The maximum absolute atomic E-state index is 13.1. The number of rotatable bonds is 12. The molecular formula is C22H33N7O3. The number of amides is 3. The molecule has 1 rings (SSSR count). The largest absolute Gasteiger partial charge is 0.370 e. The van der Waals surface area contributed by atoms with Crippen molar-refractivity contribution in [3.8, 4) is 6.07 Å². The summed E-state index contributed by atoms with van der Waals surface area (Å²) in [5.41, 5.74) is 11.9. The summed E-state index contributed by atoms with van der Waals surface area (Å²) in [6, 6.07) is 7.26. The predicted molar refractivity (Wildman–Crippen MR) is 122 cm³/mol. The lowest BCUT2D eigenvalue weighted by molar-refractivity contribution is -0.137. The summed E-state index contributed by atoms with van der Waals surface area (Å²) >= 11 is 0. The SMILES string of the molecule is CCN(CC)C(=O)[C@H](Cc1ccc(C#N)cc1)NC(=O)[C@H](CCCN=C(N)N)NC(C)=O. The number of carbonyl (C=O) groups is 3. The van der Waals surface area contributed by atoms with Gasteiger partial charge in [0.05, 0.1) is 11.6 Å². The molecule has 0 saturated heterocycles. The third-order valence-electron chi connectivity index (χ3n) is 4.85. The molecule has 0 aliphatic carbocycles. The average molecular weight is 444 g/mol. The van der Waals surface area contributed by atoms with Crippen LogP contribution >= 0.6 is 0 Å². The van der Waals surface area contributed by atoms with E-state index in [1.165, 1.54) is 6.92 Å². The molecule has 1 aromatic rings. The van der Waals surface area contributed by atoms with Crippen LogP contribution in [0.2, 0.25) is 0 Å². The monoisotopic (exact) mass is 443 g/mol. The summed E-state index contributed by atoms with van der Waals surface area (Å²) in [4.78, 5) is 43.2. The van der Waals surface area contributed by atoms with Gasteiger partial charge in [0.1, 0.15) is 12.1 Å². The molecule has 32 heavy (non-hydrogen) atoms. The van der Waals surface area contributed by atoms with Gasteiger partial charge in [0, 0.05) is 33.0 Å². The average Bonchev–Trinajstić information content (AvgIpc) is 2.76. The minimum atomic E-state index is -0.824. The van der Waals surface area contributed by atoms with Crippen molar-refractivity contribution in [2.24, 2.45) is 16.5 Å². The van der Waals surface area contributed by atoms with E-state index in [0.717, 1.165) is 5.56 Å². The van der Waals surface area contributed by atoms with Gasteiger partial charge < -0.3 is 27.0 Å². The summed E-state index contributed by atoms with van der Waals surface area (Å²) in [6.07, 6.45) is 1.04. The zero-order chi connectivity index (χ0) is 24.1. The fraction of sp³-hybridized carbons (Fsp3) is 0.500. The van der Waals surface area contributed by atoms with Crippen molar-refractivity contribution in [3.05, 3.63) is 35.4 Å². The second-order valence-corrected chi connectivity index (χ2v) is 7.29. The van der Waals surface area contributed by atoms with Crippen molar-refractivity contribution in [2.45, 2.75) is 52.1 Å². The third-order valence-corrected chi connectivity index (χ3v) is 4.85. The molecule has 0 heterocycles. The normalized spacial score (nSPS) is 12.1. The summed E-state index contributed by atoms with van der Waals surface area (Å²) in [6.45, 7) is 6.38. The van der Waals surface area contributed by atoms with Gasteiger partial charge in [0.15, 0.2) is 5.96 Å². The third kappa shape index (κ3) is 9.04. The van der Waals surface area contributed by atoms with Gasteiger partial charge >= 0.3 is 0 Å². The Kier molecular flexibility index (Phi) is 11.3. The van der Waals surface area contributed by atoms with E-state index in [1.54, 1.807) is 29.2 Å². The highest BCUT2D eigenvalue weighted by Gasteiger charge is 2.28. The van der Waals surface area contributed by atoms with Crippen LogP contribution in [0.5, 0.6) is 0 Å². The molecule has 0 aromatic heterocycles. The van der Waals surface area contributed by atoms with Crippen molar-refractivity contribution >= 4 is 23.7 Å². The molecule has 1 aromatic carbocycles. The van der Waals surface area contributed by atoms with Crippen LogP contribution in [0.3, 0.4) is 0 Å². The van der Waals surface area contributed by atoms with E-state index in [-0.39, 0.29) is 24.2 Å². The zero-order valence-corrected chi connectivity index (χ0v) is 18.9. The molecule has 0 radical (unpaired) electrons. The Balaban J connectivity index is 3.02. The van der Waals surface area contributed by atoms with Crippen LogP contribution in [0.4, 0.5) is 0 Å². The Morgan fingerprint density at radius 3 is 2.22 bits per heavy atom. The van der Waals surface area contributed by atoms with Crippen LogP contribution in [-0.2, 0) is 20.8 Å². The highest BCUT2D eigenvalue weighted by Crippen LogP contribution is 2.10. The maximum Gasteiger partial charge on any atom is 0.245 e. The first-order chi connectivity index (χ1) is 15.2. The number of hydrogen-bond donors (Lipinski definition) is 4. The number of benzene rings is 1. The van der Waals surface area contributed by atoms with Gasteiger partial charge in [-0.3, -0.25) is 19.4 Å². The number of nitrogens with one attached hydrogen (secondary N) is 2. The molecule has 3 amide bonds. The summed E-state index contributed by atoms with van der Waals surface area (Å²) in [5.74, 6) is -1.07. The molecule has 0 bridgehead atoms. The van der Waals surface area contributed by atoms with Crippen LogP contribution in [0, 0.1) is 11.3 Å². The lowest BCUT2D eigenvalue weighted by Gasteiger charge is -2.27. The fourth-order valence-corrected chi connectivity index (χ4v) is 3.20. The van der Waals surface area contributed by atoms with Crippen molar-refractivity contribution in [1.29, 1.82) is 5.26 Å². The van der Waals surface area contributed by atoms with E-state index in [2.05, 4.69) is 21.7 Å². The van der Waals surface area contributed by atoms with Crippen molar-refractivity contribution < 1.29 is 14.4 Å². The topological polar surface area (TPSA) is 167 Å². The van der Waals surface area contributed by atoms with Crippen molar-refractivity contribution in [2.75, 3.05) is 19.6 Å². The number of guanidine groups is 1. The summed E-state index contributed by atoms with van der Waals surface area (Å²) in [5, 5.41) is 14.4. The van der Waals surface area contributed by atoms with E-state index in [4.69, 9.17) is 16.7 Å². The second kappa shape index (κ2) is 13.6. The standard InChI is InChI=1S/C22H33N7O3/c1-4-29(5-2)21(32)19(13-16-8-10-17(14-23)11-9-16)28-20(31)18(27-15(3)30)7-6-12-26-22(24)25/h8-11,18-19H,4-7,12-13H2,1-3H3,(H,27,30)(H,28,31)(H4,24,25,26)/t18-,19-/m0/s1. The quantitative estimate of drug-likeness (QED) is 0.202. The first kappa shape index (κ1) is 26.4. The molecule has 2 atom stereocenters. The van der Waals surface area contributed by atoms with Gasteiger partial charge in [-0.25, -0.2) is 0 Å². The number of likely N-dealkylation sites (N-methyl/N-ethyl adjacent to an activating group) is 1.